The Morgan fingerprint density at radius 2 is 1.94 bits per heavy atom. The summed E-state index contributed by atoms with van der Waals surface area (Å²) in [5, 5.41) is 23.6. The molecule has 2 aromatic carbocycles. The Hall–Kier alpha value is -3.39. The molecule has 7 nitrogen and oxygen atoms in total. The first-order valence-electron chi connectivity index (χ1n) is 11.1. The van der Waals surface area contributed by atoms with Gasteiger partial charge in [-0.25, -0.2) is 5.43 Å². The lowest BCUT2D eigenvalue weighted by molar-refractivity contribution is -0.118. The first-order valence-corrected chi connectivity index (χ1v) is 12.1. The number of benzene rings is 2. The topological polar surface area (TPSA) is 92.4 Å². The van der Waals surface area contributed by atoms with Gasteiger partial charge in [0, 0.05) is 17.7 Å². The maximum Gasteiger partial charge on any atom is 0.250 e. The van der Waals surface area contributed by atoms with E-state index in [4.69, 9.17) is 0 Å². The molecule has 8 heteroatoms. The van der Waals surface area contributed by atoms with Gasteiger partial charge in [-0.05, 0) is 36.0 Å². The summed E-state index contributed by atoms with van der Waals surface area (Å²) in [5.41, 5.74) is 6.11. The molecule has 0 atom stereocenters. The van der Waals surface area contributed by atoms with E-state index in [2.05, 4.69) is 72.3 Å². The molecule has 0 fully saturated rings. The lowest BCUT2D eigenvalue weighted by Crippen LogP contribution is -2.20. The smallest absolute Gasteiger partial charge is 0.250 e. The number of aromatic nitrogens is 3. The van der Waals surface area contributed by atoms with Crippen molar-refractivity contribution in [3.63, 3.8) is 0 Å². The lowest BCUT2D eigenvalue weighted by atomic mass is 9.87. The van der Waals surface area contributed by atoms with Gasteiger partial charge in [0.05, 0.1) is 12.0 Å². The predicted octanol–water partition coefficient (Wildman–Crippen LogP) is 4.94. The summed E-state index contributed by atoms with van der Waals surface area (Å²) in [7, 11) is 0. The van der Waals surface area contributed by atoms with E-state index in [1.54, 1.807) is 12.1 Å². The van der Waals surface area contributed by atoms with Gasteiger partial charge in [-0.1, -0.05) is 75.0 Å². The Balaban J connectivity index is 1.62. The van der Waals surface area contributed by atoms with Gasteiger partial charge in [0.15, 0.2) is 11.0 Å². The largest absolute Gasteiger partial charge is 0.507 e. The minimum atomic E-state index is -0.273. The van der Waals surface area contributed by atoms with E-state index in [-0.39, 0.29) is 22.8 Å². The summed E-state index contributed by atoms with van der Waals surface area (Å²) < 4.78 is 2.00. The van der Waals surface area contributed by atoms with Crippen LogP contribution in [0.3, 0.4) is 0 Å². The molecular formula is C26H31N5O2S. The second-order valence-electron chi connectivity index (χ2n) is 8.81. The van der Waals surface area contributed by atoms with Crippen LogP contribution >= 0.6 is 11.8 Å². The minimum absolute atomic E-state index is 0.0843. The summed E-state index contributed by atoms with van der Waals surface area (Å²) in [6.07, 6.45) is 3.70. The van der Waals surface area contributed by atoms with E-state index >= 15 is 0 Å². The fourth-order valence-electron chi connectivity index (χ4n) is 3.39. The number of hydrogen-bond acceptors (Lipinski definition) is 6. The zero-order valence-corrected chi connectivity index (χ0v) is 20.9. The van der Waals surface area contributed by atoms with Crippen molar-refractivity contribution in [3.05, 3.63) is 71.8 Å². The number of allylic oxidation sites excluding steroid dienone is 1. The second kappa shape index (κ2) is 11.2. The molecule has 3 rings (SSSR count). The van der Waals surface area contributed by atoms with Crippen molar-refractivity contribution in [2.75, 3.05) is 5.75 Å². The Morgan fingerprint density at radius 1 is 1.21 bits per heavy atom. The number of hydrazone groups is 1. The van der Waals surface area contributed by atoms with Crippen LogP contribution in [0, 0.1) is 0 Å². The molecule has 0 radical (unpaired) electrons. The summed E-state index contributed by atoms with van der Waals surface area (Å²) in [5.74, 6) is 0.776. The van der Waals surface area contributed by atoms with E-state index in [0.717, 1.165) is 17.0 Å². The quantitative estimate of drug-likeness (QED) is 0.197. The zero-order valence-electron chi connectivity index (χ0n) is 20.1. The van der Waals surface area contributed by atoms with Crippen LogP contribution in [0.15, 0.2) is 65.4 Å². The highest BCUT2D eigenvalue weighted by Crippen LogP contribution is 2.27. The number of hydrogen-bond donors (Lipinski definition) is 2. The van der Waals surface area contributed by atoms with Crippen molar-refractivity contribution in [2.24, 2.45) is 5.10 Å². The highest BCUT2D eigenvalue weighted by molar-refractivity contribution is 7.99. The van der Waals surface area contributed by atoms with E-state index < -0.39 is 0 Å². The Kier molecular flexibility index (Phi) is 8.28. The molecule has 0 saturated carbocycles. The van der Waals surface area contributed by atoms with Crippen LogP contribution in [0.4, 0.5) is 0 Å². The fraction of sp³-hybridized carbons (Fsp3) is 0.308. The third-order valence-corrected chi connectivity index (χ3v) is 6.25. The number of amides is 1. The standard InChI is InChI=1S/C26H31N5O2S/c1-6-9-18-10-8-11-20(23(18)33)16-27-28-22(32)17-34-25-30-29-24(31(25)7-2)19-12-14-21(15-13-19)26(3,4)5/h6,8,10-16,33H,1,7,9,17H2,2-5H3,(H,28,32)/b27-16+. The summed E-state index contributed by atoms with van der Waals surface area (Å²) in [4.78, 5) is 12.3. The maximum atomic E-state index is 12.3. The van der Waals surface area contributed by atoms with Gasteiger partial charge in [0.25, 0.3) is 5.91 Å². The van der Waals surface area contributed by atoms with Crippen molar-refractivity contribution in [1.29, 1.82) is 0 Å². The van der Waals surface area contributed by atoms with Gasteiger partial charge < -0.3 is 9.67 Å². The molecule has 178 valence electrons. The monoisotopic (exact) mass is 477 g/mol. The van der Waals surface area contributed by atoms with Crippen molar-refractivity contribution in [2.45, 2.75) is 51.2 Å². The maximum absolute atomic E-state index is 12.3. The van der Waals surface area contributed by atoms with E-state index in [1.165, 1.54) is 23.5 Å². The first kappa shape index (κ1) is 25.2. The number of rotatable bonds is 9. The molecule has 0 aliphatic heterocycles. The van der Waals surface area contributed by atoms with Gasteiger partial charge in [-0.3, -0.25) is 4.79 Å². The van der Waals surface area contributed by atoms with Crippen LogP contribution in [0.5, 0.6) is 5.75 Å². The molecule has 0 aliphatic carbocycles. The highest BCUT2D eigenvalue weighted by Gasteiger charge is 2.17. The predicted molar refractivity (Wildman–Crippen MR) is 138 cm³/mol. The molecule has 1 amide bonds. The number of carbonyl (C=O) groups is 1. The molecule has 2 N–H and O–H groups in total. The third-order valence-electron chi connectivity index (χ3n) is 5.28. The normalized spacial score (nSPS) is 11.6. The van der Waals surface area contributed by atoms with Gasteiger partial charge in [0.1, 0.15) is 5.75 Å². The van der Waals surface area contributed by atoms with Crippen LogP contribution in [-0.2, 0) is 23.2 Å². The van der Waals surface area contributed by atoms with Crippen LogP contribution in [0.25, 0.3) is 11.4 Å². The molecule has 34 heavy (non-hydrogen) atoms. The van der Waals surface area contributed by atoms with Gasteiger partial charge in [0.2, 0.25) is 0 Å². The minimum Gasteiger partial charge on any atom is -0.507 e. The number of phenolic OH excluding ortho intramolecular Hbond substituents is 1. The number of aromatic hydroxyl groups is 1. The Bertz CT molecular complexity index is 1180. The molecule has 1 aromatic heterocycles. The summed E-state index contributed by atoms with van der Waals surface area (Å²) in [6, 6.07) is 13.7. The van der Waals surface area contributed by atoms with E-state index in [9.17, 15) is 9.90 Å². The average molecular weight is 478 g/mol. The lowest BCUT2D eigenvalue weighted by Gasteiger charge is -2.19. The Morgan fingerprint density at radius 3 is 2.59 bits per heavy atom. The van der Waals surface area contributed by atoms with Crippen LogP contribution in [-0.4, -0.2) is 37.7 Å². The van der Waals surface area contributed by atoms with Crippen molar-refractivity contribution in [3.8, 4) is 17.1 Å². The number of phenols is 1. The molecule has 0 unspecified atom stereocenters. The molecular weight excluding hydrogens is 446 g/mol. The number of carbonyl (C=O) groups excluding carboxylic acids is 1. The van der Waals surface area contributed by atoms with Crippen LogP contribution in [0.1, 0.15) is 44.4 Å². The van der Waals surface area contributed by atoms with Crippen molar-refractivity contribution >= 4 is 23.9 Å². The van der Waals surface area contributed by atoms with Crippen molar-refractivity contribution in [1.82, 2.24) is 20.2 Å². The van der Waals surface area contributed by atoms with Gasteiger partial charge >= 0.3 is 0 Å². The van der Waals surface area contributed by atoms with Gasteiger partial charge in [-0.15, -0.1) is 16.8 Å². The van der Waals surface area contributed by atoms with E-state index in [0.29, 0.717) is 23.7 Å². The molecule has 0 spiro atoms. The summed E-state index contributed by atoms with van der Waals surface area (Å²) >= 11 is 1.30. The number of thioether (sulfide) groups is 1. The van der Waals surface area contributed by atoms with Crippen molar-refractivity contribution < 1.29 is 9.90 Å². The molecule has 3 aromatic rings. The zero-order chi connectivity index (χ0) is 24.7. The first-order chi connectivity index (χ1) is 16.2. The third kappa shape index (κ3) is 6.14. The molecule has 0 bridgehead atoms. The highest BCUT2D eigenvalue weighted by atomic mass is 32.2. The average Bonchev–Trinajstić information content (AvgIpc) is 3.22. The number of nitrogens with zero attached hydrogens (tertiary/aromatic N) is 4. The van der Waals surface area contributed by atoms with Crippen LogP contribution in [0.2, 0.25) is 0 Å². The fourth-order valence-corrected chi connectivity index (χ4v) is 4.18. The number of para-hydroxylation sites is 1. The molecule has 0 saturated heterocycles. The van der Waals surface area contributed by atoms with E-state index in [1.807, 2.05) is 23.6 Å². The SMILES string of the molecule is C=CCc1cccc(/C=N/NC(=O)CSc2nnc(-c3ccc(C(C)(C)C)cc3)n2CC)c1O. The second-order valence-corrected chi connectivity index (χ2v) is 9.75. The van der Waals surface area contributed by atoms with Crippen LogP contribution < -0.4 is 5.43 Å². The molecule has 1 heterocycles. The van der Waals surface area contributed by atoms with Gasteiger partial charge in [-0.2, -0.15) is 5.10 Å². The molecule has 0 aliphatic rings. The Labute approximate surface area is 205 Å². The summed E-state index contributed by atoms with van der Waals surface area (Å²) in [6.45, 7) is 12.9. The number of nitrogens with one attached hydrogen (secondary N) is 1.